The molecule has 1 aliphatic rings. The Balaban J connectivity index is 2.70. The van der Waals surface area contributed by atoms with E-state index in [-0.39, 0.29) is 0 Å². The van der Waals surface area contributed by atoms with Gasteiger partial charge in [0.05, 0.1) is 0 Å². The topological polar surface area (TPSA) is 29.3 Å². The number of rotatable bonds is 2. The summed E-state index contributed by atoms with van der Waals surface area (Å²) in [5, 5.41) is 0. The van der Waals surface area contributed by atoms with Crippen LogP contribution in [0.4, 0.5) is 0 Å². The molecule has 2 heteroatoms. The Morgan fingerprint density at radius 1 is 1.36 bits per heavy atom. The molecule has 0 radical (unpaired) electrons. The predicted octanol–water partition coefficient (Wildman–Crippen LogP) is 2.09. The van der Waals surface area contributed by atoms with Gasteiger partial charge < -0.3 is 5.73 Å². The second-order valence-corrected chi connectivity index (χ2v) is 6.00. The van der Waals surface area contributed by atoms with Gasteiger partial charge in [0.15, 0.2) is 0 Å². The van der Waals surface area contributed by atoms with Crippen molar-refractivity contribution in [3.63, 3.8) is 0 Å². The maximum atomic E-state index is 5.90. The Labute approximate surface area is 88.8 Å². The average Bonchev–Trinajstić information content (AvgIpc) is 2.29. The van der Waals surface area contributed by atoms with Gasteiger partial charge in [-0.15, -0.1) is 0 Å². The van der Waals surface area contributed by atoms with Crippen LogP contribution in [0.1, 0.15) is 41.0 Å². The Kier molecular flexibility index (Phi) is 3.59. The molecule has 1 aliphatic heterocycles. The SMILES string of the molecule is CC1CC(C)N(C(CN)C(C)(C)C)C1. The van der Waals surface area contributed by atoms with E-state index in [1.54, 1.807) is 0 Å². The van der Waals surface area contributed by atoms with E-state index in [4.69, 9.17) is 5.73 Å². The first-order valence-corrected chi connectivity index (χ1v) is 5.82. The summed E-state index contributed by atoms with van der Waals surface area (Å²) in [5.41, 5.74) is 6.20. The van der Waals surface area contributed by atoms with E-state index in [1.807, 2.05) is 0 Å². The molecule has 0 amide bonds. The van der Waals surface area contributed by atoms with Gasteiger partial charge in [-0.2, -0.15) is 0 Å². The summed E-state index contributed by atoms with van der Waals surface area (Å²) in [6, 6.07) is 1.24. The molecule has 1 heterocycles. The van der Waals surface area contributed by atoms with Gasteiger partial charge >= 0.3 is 0 Å². The fourth-order valence-corrected chi connectivity index (χ4v) is 2.75. The van der Waals surface area contributed by atoms with Gasteiger partial charge in [-0.05, 0) is 24.7 Å². The Bertz CT molecular complexity index is 183. The van der Waals surface area contributed by atoms with Gasteiger partial charge in [-0.3, -0.25) is 4.90 Å². The second-order valence-electron chi connectivity index (χ2n) is 6.00. The normalized spacial score (nSPS) is 32.1. The summed E-state index contributed by atoms with van der Waals surface area (Å²) in [5.74, 6) is 0.835. The molecule has 3 atom stereocenters. The van der Waals surface area contributed by atoms with Gasteiger partial charge in [0.25, 0.3) is 0 Å². The van der Waals surface area contributed by atoms with Crippen molar-refractivity contribution in [2.75, 3.05) is 13.1 Å². The fourth-order valence-electron chi connectivity index (χ4n) is 2.75. The van der Waals surface area contributed by atoms with Crippen LogP contribution in [0.25, 0.3) is 0 Å². The minimum absolute atomic E-state index is 0.299. The highest BCUT2D eigenvalue weighted by Crippen LogP contribution is 2.31. The van der Waals surface area contributed by atoms with E-state index in [0.717, 1.165) is 12.5 Å². The number of hydrogen-bond donors (Lipinski definition) is 1. The van der Waals surface area contributed by atoms with Crippen molar-refractivity contribution in [2.45, 2.75) is 53.1 Å². The van der Waals surface area contributed by atoms with E-state index in [0.29, 0.717) is 17.5 Å². The molecule has 1 saturated heterocycles. The molecule has 3 unspecified atom stereocenters. The van der Waals surface area contributed by atoms with E-state index in [1.165, 1.54) is 13.0 Å². The van der Waals surface area contributed by atoms with Crippen LogP contribution in [-0.2, 0) is 0 Å². The van der Waals surface area contributed by atoms with Crippen molar-refractivity contribution in [3.8, 4) is 0 Å². The van der Waals surface area contributed by atoms with E-state index >= 15 is 0 Å². The average molecular weight is 198 g/mol. The molecular formula is C12H26N2. The zero-order valence-electron chi connectivity index (χ0n) is 10.4. The van der Waals surface area contributed by atoms with E-state index in [2.05, 4.69) is 39.5 Å². The van der Waals surface area contributed by atoms with Crippen LogP contribution in [0.3, 0.4) is 0 Å². The fraction of sp³-hybridized carbons (Fsp3) is 1.00. The molecule has 14 heavy (non-hydrogen) atoms. The lowest BCUT2D eigenvalue weighted by atomic mass is 9.85. The van der Waals surface area contributed by atoms with Gasteiger partial charge in [0.1, 0.15) is 0 Å². The van der Waals surface area contributed by atoms with Crippen molar-refractivity contribution in [1.82, 2.24) is 4.90 Å². The van der Waals surface area contributed by atoms with Crippen LogP contribution in [0, 0.1) is 11.3 Å². The summed E-state index contributed by atoms with van der Waals surface area (Å²) in [7, 11) is 0. The molecule has 0 aliphatic carbocycles. The monoisotopic (exact) mass is 198 g/mol. The quantitative estimate of drug-likeness (QED) is 0.736. The van der Waals surface area contributed by atoms with Crippen LogP contribution in [0.15, 0.2) is 0 Å². The van der Waals surface area contributed by atoms with Crippen molar-refractivity contribution in [1.29, 1.82) is 0 Å². The van der Waals surface area contributed by atoms with Crippen molar-refractivity contribution in [2.24, 2.45) is 17.1 Å². The van der Waals surface area contributed by atoms with Gasteiger partial charge in [-0.25, -0.2) is 0 Å². The van der Waals surface area contributed by atoms with E-state index in [9.17, 15) is 0 Å². The first kappa shape index (κ1) is 12.0. The smallest absolute Gasteiger partial charge is 0.0269 e. The van der Waals surface area contributed by atoms with Gasteiger partial charge in [0.2, 0.25) is 0 Å². The van der Waals surface area contributed by atoms with Gasteiger partial charge in [-0.1, -0.05) is 27.7 Å². The maximum Gasteiger partial charge on any atom is 0.0269 e. The van der Waals surface area contributed by atoms with Crippen LogP contribution >= 0.6 is 0 Å². The van der Waals surface area contributed by atoms with Crippen molar-refractivity contribution >= 4 is 0 Å². The molecular weight excluding hydrogens is 172 g/mol. The van der Waals surface area contributed by atoms with Crippen molar-refractivity contribution < 1.29 is 0 Å². The van der Waals surface area contributed by atoms with Crippen molar-refractivity contribution in [3.05, 3.63) is 0 Å². The first-order valence-electron chi connectivity index (χ1n) is 5.82. The lowest BCUT2D eigenvalue weighted by molar-refractivity contribution is 0.0972. The molecule has 2 N–H and O–H groups in total. The molecule has 0 bridgehead atoms. The highest BCUT2D eigenvalue weighted by molar-refractivity contribution is 4.91. The lowest BCUT2D eigenvalue weighted by Gasteiger charge is -2.39. The molecule has 1 fully saturated rings. The van der Waals surface area contributed by atoms with Crippen LogP contribution in [-0.4, -0.2) is 30.1 Å². The molecule has 0 aromatic rings. The number of nitrogens with zero attached hydrogens (tertiary/aromatic N) is 1. The molecule has 84 valence electrons. The summed E-state index contributed by atoms with van der Waals surface area (Å²) in [6.07, 6.45) is 1.33. The van der Waals surface area contributed by atoms with Crippen LogP contribution in [0.5, 0.6) is 0 Å². The van der Waals surface area contributed by atoms with Crippen LogP contribution in [0.2, 0.25) is 0 Å². The summed E-state index contributed by atoms with van der Waals surface area (Å²) in [6.45, 7) is 13.5. The third kappa shape index (κ3) is 2.48. The molecule has 0 aromatic heterocycles. The molecule has 1 rings (SSSR count). The van der Waals surface area contributed by atoms with Gasteiger partial charge in [0, 0.05) is 25.2 Å². The second kappa shape index (κ2) is 4.19. The standard InChI is InChI=1S/C12H26N2/c1-9-6-10(2)14(8-9)11(7-13)12(3,4)5/h9-11H,6-8,13H2,1-5H3. The predicted molar refractivity (Wildman–Crippen MR) is 62.2 cm³/mol. The largest absolute Gasteiger partial charge is 0.329 e. The lowest BCUT2D eigenvalue weighted by Crippen LogP contribution is -2.50. The zero-order chi connectivity index (χ0) is 10.9. The summed E-state index contributed by atoms with van der Waals surface area (Å²) >= 11 is 0. The Hall–Kier alpha value is -0.0800. The highest BCUT2D eigenvalue weighted by Gasteiger charge is 2.36. The number of likely N-dealkylation sites (tertiary alicyclic amines) is 1. The van der Waals surface area contributed by atoms with Crippen LogP contribution < -0.4 is 5.73 Å². The summed E-state index contributed by atoms with van der Waals surface area (Å²) in [4.78, 5) is 2.60. The Morgan fingerprint density at radius 2 is 1.93 bits per heavy atom. The minimum atomic E-state index is 0.299. The molecule has 2 nitrogen and oxygen atoms in total. The minimum Gasteiger partial charge on any atom is -0.329 e. The molecule has 0 aromatic carbocycles. The molecule has 0 saturated carbocycles. The van der Waals surface area contributed by atoms with E-state index < -0.39 is 0 Å². The molecule has 0 spiro atoms. The number of nitrogens with two attached hydrogens (primary N) is 1. The Morgan fingerprint density at radius 3 is 2.21 bits per heavy atom. The number of hydrogen-bond acceptors (Lipinski definition) is 2. The third-order valence-corrected chi connectivity index (χ3v) is 3.46. The first-order chi connectivity index (χ1) is 6.36. The summed E-state index contributed by atoms with van der Waals surface area (Å²) < 4.78 is 0. The third-order valence-electron chi connectivity index (χ3n) is 3.46. The zero-order valence-corrected chi connectivity index (χ0v) is 10.4. The highest BCUT2D eigenvalue weighted by atomic mass is 15.2. The maximum absolute atomic E-state index is 5.90.